The van der Waals surface area contributed by atoms with Gasteiger partial charge in [0.25, 0.3) is 5.56 Å². The number of hydrogen-bond acceptors (Lipinski definition) is 6. The number of aryl methyl sites for hydroxylation is 1. The molecule has 0 radical (unpaired) electrons. The summed E-state index contributed by atoms with van der Waals surface area (Å²) in [7, 11) is 0. The summed E-state index contributed by atoms with van der Waals surface area (Å²) in [5.74, 6) is 0.518. The summed E-state index contributed by atoms with van der Waals surface area (Å²) >= 11 is 6.96. The molecule has 0 bridgehead atoms. The number of carboxylic acids is 1. The monoisotopic (exact) mass is 627 g/mol. The first-order valence-electron chi connectivity index (χ1n) is 11.5. The molecule has 190 valence electrons. The molecule has 0 unspecified atom stereocenters. The molecule has 1 heterocycles. The maximum absolute atomic E-state index is 13.2. The first-order valence-corrected chi connectivity index (χ1v) is 13.1. The number of aromatic nitrogens is 2. The Bertz CT molecular complexity index is 1570. The second-order valence-corrected chi connectivity index (χ2v) is 9.72. The molecule has 0 atom stereocenters. The molecule has 0 saturated carbocycles. The van der Waals surface area contributed by atoms with Crippen molar-refractivity contribution in [2.24, 2.45) is 5.10 Å². The van der Waals surface area contributed by atoms with Crippen molar-refractivity contribution in [3.63, 3.8) is 0 Å². The van der Waals surface area contributed by atoms with Crippen LogP contribution in [-0.2, 0) is 13.0 Å². The fraction of sp³-hybridized carbons (Fsp3) is 0.185. The Morgan fingerprint density at radius 3 is 2.59 bits per heavy atom. The van der Waals surface area contributed by atoms with Crippen LogP contribution in [0.1, 0.15) is 41.2 Å². The molecule has 3 aromatic carbocycles. The number of aromatic carboxylic acids is 1. The highest BCUT2D eigenvalue weighted by molar-refractivity contribution is 9.10. The largest absolute Gasteiger partial charge is 0.490 e. The molecule has 0 aliphatic rings. The van der Waals surface area contributed by atoms with Crippen molar-refractivity contribution in [1.82, 2.24) is 9.66 Å². The molecule has 1 N–H and O–H groups in total. The topological polar surface area (TPSA) is 103 Å². The van der Waals surface area contributed by atoms with E-state index in [4.69, 9.17) is 9.47 Å². The minimum atomic E-state index is -0.997. The highest BCUT2D eigenvalue weighted by atomic mass is 79.9. The average molecular weight is 629 g/mol. The van der Waals surface area contributed by atoms with Crippen LogP contribution in [0, 0.1) is 0 Å². The summed E-state index contributed by atoms with van der Waals surface area (Å²) in [6.45, 7) is 4.35. The number of fused-ring (bicyclic) bond motifs is 1. The van der Waals surface area contributed by atoms with E-state index in [-0.39, 0.29) is 17.7 Å². The van der Waals surface area contributed by atoms with Crippen LogP contribution >= 0.6 is 31.9 Å². The normalized spacial score (nSPS) is 11.2. The lowest BCUT2D eigenvalue weighted by Crippen LogP contribution is -2.22. The third kappa shape index (κ3) is 6.08. The minimum absolute atomic E-state index is 0.161. The molecular formula is C27H23Br2N3O5. The van der Waals surface area contributed by atoms with Crippen LogP contribution in [0.3, 0.4) is 0 Å². The lowest BCUT2D eigenvalue weighted by Gasteiger charge is -2.14. The number of ether oxygens (including phenoxy) is 2. The molecule has 0 aliphatic heterocycles. The Kier molecular flexibility index (Phi) is 8.40. The zero-order valence-electron chi connectivity index (χ0n) is 20.1. The van der Waals surface area contributed by atoms with E-state index >= 15 is 0 Å². The molecule has 8 nitrogen and oxygen atoms in total. The number of carbonyl (C=O) groups is 1. The first kappa shape index (κ1) is 26.6. The lowest BCUT2D eigenvalue weighted by atomic mass is 10.1. The summed E-state index contributed by atoms with van der Waals surface area (Å²) in [5, 5.41) is 14.1. The first-order chi connectivity index (χ1) is 17.8. The molecule has 0 aliphatic carbocycles. The van der Waals surface area contributed by atoms with Crippen LogP contribution in [0.15, 0.2) is 73.4 Å². The highest BCUT2D eigenvalue weighted by Gasteiger charge is 2.13. The highest BCUT2D eigenvalue weighted by Crippen LogP contribution is 2.34. The summed E-state index contributed by atoms with van der Waals surface area (Å²) in [4.78, 5) is 29.0. The molecule has 1 aromatic heterocycles. The zero-order chi connectivity index (χ0) is 26.5. The Labute approximate surface area is 229 Å². The van der Waals surface area contributed by atoms with Crippen LogP contribution in [0.5, 0.6) is 11.5 Å². The Morgan fingerprint density at radius 1 is 1.08 bits per heavy atom. The van der Waals surface area contributed by atoms with Crippen LogP contribution in [0.4, 0.5) is 0 Å². The number of rotatable bonds is 9. The van der Waals surface area contributed by atoms with E-state index in [0.717, 1.165) is 4.47 Å². The number of nitrogens with zero attached hydrogens (tertiary/aromatic N) is 3. The van der Waals surface area contributed by atoms with Gasteiger partial charge in [0.15, 0.2) is 11.5 Å². The molecule has 4 rings (SSSR count). The standard InChI is InChI=1S/C27H23Br2N3O5/c1-3-25-31-22-9-8-19(28)12-20(22)26(33)32(25)30-14-18-11-23(36-4-2)24(13-21(18)29)37-15-16-6-5-7-17(10-16)27(34)35/h5-14H,3-4,15H2,1-2H3,(H,34,35). The van der Waals surface area contributed by atoms with Crippen molar-refractivity contribution >= 4 is 54.9 Å². The van der Waals surface area contributed by atoms with E-state index in [1.165, 1.54) is 10.7 Å². The maximum atomic E-state index is 13.2. The third-order valence-electron chi connectivity index (χ3n) is 5.44. The predicted molar refractivity (Wildman–Crippen MR) is 149 cm³/mol. The van der Waals surface area contributed by atoms with Crippen molar-refractivity contribution < 1.29 is 19.4 Å². The van der Waals surface area contributed by atoms with Crippen molar-refractivity contribution in [3.05, 3.63) is 96.4 Å². The molecule has 37 heavy (non-hydrogen) atoms. The molecular weight excluding hydrogens is 606 g/mol. The zero-order valence-corrected chi connectivity index (χ0v) is 23.2. The Hall–Kier alpha value is -3.50. The Balaban J connectivity index is 1.66. The van der Waals surface area contributed by atoms with Gasteiger partial charge in [0, 0.05) is 20.9 Å². The van der Waals surface area contributed by atoms with Gasteiger partial charge in [0.2, 0.25) is 0 Å². The van der Waals surface area contributed by atoms with Gasteiger partial charge in [-0.15, -0.1) is 0 Å². The van der Waals surface area contributed by atoms with Crippen LogP contribution in [0.25, 0.3) is 10.9 Å². The predicted octanol–water partition coefficient (Wildman–Crippen LogP) is 6.04. The van der Waals surface area contributed by atoms with Crippen LogP contribution < -0.4 is 15.0 Å². The molecule has 4 aromatic rings. The number of halogens is 2. The quantitative estimate of drug-likeness (QED) is 0.227. The molecule has 0 spiro atoms. The lowest BCUT2D eigenvalue weighted by molar-refractivity contribution is 0.0696. The molecule has 0 fully saturated rings. The fourth-order valence-corrected chi connectivity index (χ4v) is 4.43. The summed E-state index contributed by atoms with van der Waals surface area (Å²) in [6, 6.07) is 15.5. The summed E-state index contributed by atoms with van der Waals surface area (Å²) < 4.78 is 14.5. The van der Waals surface area contributed by atoms with Gasteiger partial charge in [-0.3, -0.25) is 4.79 Å². The second kappa shape index (κ2) is 11.7. The van der Waals surface area contributed by atoms with Crippen LogP contribution in [-0.4, -0.2) is 33.6 Å². The van der Waals surface area contributed by atoms with Gasteiger partial charge in [0.05, 0.1) is 29.3 Å². The maximum Gasteiger partial charge on any atom is 0.335 e. The summed E-state index contributed by atoms with van der Waals surface area (Å²) in [6.07, 6.45) is 2.10. The number of hydrogen-bond donors (Lipinski definition) is 1. The van der Waals surface area contributed by atoms with Gasteiger partial charge < -0.3 is 14.6 Å². The molecule has 10 heteroatoms. The van der Waals surface area contributed by atoms with Gasteiger partial charge in [-0.1, -0.05) is 35.0 Å². The van der Waals surface area contributed by atoms with Crippen molar-refractivity contribution in [3.8, 4) is 11.5 Å². The minimum Gasteiger partial charge on any atom is -0.490 e. The van der Waals surface area contributed by atoms with E-state index in [0.29, 0.717) is 56.9 Å². The van der Waals surface area contributed by atoms with E-state index in [1.54, 1.807) is 48.7 Å². The van der Waals surface area contributed by atoms with E-state index < -0.39 is 5.97 Å². The number of benzene rings is 3. The van der Waals surface area contributed by atoms with E-state index in [1.807, 2.05) is 19.9 Å². The summed E-state index contributed by atoms with van der Waals surface area (Å²) in [5.41, 5.74) is 1.94. The fourth-order valence-electron chi connectivity index (χ4n) is 3.65. The van der Waals surface area contributed by atoms with Gasteiger partial charge in [0.1, 0.15) is 12.4 Å². The number of carboxylic acid groups (broad SMARTS) is 1. The SMILES string of the molecule is CCOc1cc(C=Nn2c(CC)nc3ccc(Br)cc3c2=O)c(Br)cc1OCc1cccc(C(=O)O)c1. The van der Waals surface area contributed by atoms with Crippen molar-refractivity contribution in [1.29, 1.82) is 0 Å². The van der Waals surface area contributed by atoms with Gasteiger partial charge in [-0.2, -0.15) is 9.78 Å². The second-order valence-electron chi connectivity index (χ2n) is 7.95. The van der Waals surface area contributed by atoms with Gasteiger partial charge >= 0.3 is 5.97 Å². The molecule has 0 amide bonds. The Morgan fingerprint density at radius 2 is 1.86 bits per heavy atom. The van der Waals surface area contributed by atoms with Gasteiger partial charge in [-0.25, -0.2) is 9.78 Å². The molecule has 0 saturated heterocycles. The van der Waals surface area contributed by atoms with E-state index in [2.05, 4.69) is 41.9 Å². The van der Waals surface area contributed by atoms with Gasteiger partial charge in [-0.05, 0) is 70.9 Å². The van der Waals surface area contributed by atoms with Crippen molar-refractivity contribution in [2.75, 3.05) is 6.61 Å². The van der Waals surface area contributed by atoms with E-state index in [9.17, 15) is 14.7 Å². The van der Waals surface area contributed by atoms with Crippen LogP contribution in [0.2, 0.25) is 0 Å². The smallest absolute Gasteiger partial charge is 0.335 e. The average Bonchev–Trinajstić information content (AvgIpc) is 2.89. The van der Waals surface area contributed by atoms with Crippen molar-refractivity contribution in [2.45, 2.75) is 26.9 Å². The third-order valence-corrected chi connectivity index (χ3v) is 6.62.